The van der Waals surface area contributed by atoms with Crippen LogP contribution >= 0.6 is 0 Å². The number of carboxylic acids is 1. The lowest BCUT2D eigenvalue weighted by Crippen LogP contribution is -2.44. The maximum atomic E-state index is 12.9. The first kappa shape index (κ1) is 53.7. The van der Waals surface area contributed by atoms with Crippen molar-refractivity contribution in [1.29, 1.82) is 0 Å². The Balaban J connectivity index is 4.14. The van der Waals surface area contributed by atoms with Crippen LogP contribution in [-0.2, 0) is 38.2 Å². The van der Waals surface area contributed by atoms with Gasteiger partial charge in [-0.25, -0.2) is 4.79 Å². The van der Waals surface area contributed by atoms with Crippen LogP contribution in [0, 0.1) is 0 Å². The summed E-state index contributed by atoms with van der Waals surface area (Å²) in [6.45, 7) is 11.7. The highest BCUT2D eigenvalue weighted by molar-refractivity contribution is 5.85. The fourth-order valence-electron chi connectivity index (χ4n) is 6.12. The molecule has 0 aromatic heterocycles. The molecular formula is C43H81N5O9. The monoisotopic (exact) mass is 812 g/mol. The van der Waals surface area contributed by atoms with Gasteiger partial charge >= 0.3 is 17.9 Å². The summed E-state index contributed by atoms with van der Waals surface area (Å²) in [7, 11) is 0. The molecule has 3 atom stereocenters. The predicted molar refractivity (Wildman–Crippen MR) is 224 cm³/mol. The molecule has 0 rings (SSSR count). The van der Waals surface area contributed by atoms with Gasteiger partial charge in [0.1, 0.15) is 23.3 Å². The number of nitrogens with two attached hydrogens (primary N) is 2. The van der Waals surface area contributed by atoms with Gasteiger partial charge in [-0.05, 0) is 99.3 Å². The Morgan fingerprint density at radius 3 is 1.42 bits per heavy atom. The highest BCUT2D eigenvalue weighted by Crippen LogP contribution is 2.16. The Bertz CT molecular complexity index is 1150. The Hall–Kier alpha value is -3.26. The largest absolute Gasteiger partial charge is 0.480 e. The van der Waals surface area contributed by atoms with Gasteiger partial charge in [-0.1, -0.05) is 77.0 Å². The van der Waals surface area contributed by atoms with E-state index in [1.165, 1.54) is 51.4 Å². The number of carbonyl (C=O) groups is 6. The Labute approximate surface area is 343 Å². The smallest absolute Gasteiger partial charge is 0.329 e. The molecule has 0 saturated carbocycles. The first-order valence-corrected chi connectivity index (χ1v) is 21.8. The van der Waals surface area contributed by atoms with E-state index in [1.54, 1.807) is 20.8 Å². The number of unbranched alkanes of at least 4 members (excludes halogenated alkanes) is 15. The molecule has 0 spiro atoms. The van der Waals surface area contributed by atoms with Gasteiger partial charge in [0.25, 0.3) is 0 Å². The second-order valence-electron chi connectivity index (χ2n) is 17.4. The van der Waals surface area contributed by atoms with Crippen molar-refractivity contribution in [3.05, 3.63) is 0 Å². The lowest BCUT2D eigenvalue weighted by molar-refractivity contribution is -0.159. The molecule has 332 valence electrons. The maximum Gasteiger partial charge on any atom is 0.329 e. The fourth-order valence-corrected chi connectivity index (χ4v) is 6.12. The van der Waals surface area contributed by atoms with E-state index >= 15 is 0 Å². The summed E-state index contributed by atoms with van der Waals surface area (Å²) in [6, 6.07) is -2.50. The van der Waals surface area contributed by atoms with Gasteiger partial charge in [-0.3, -0.25) is 24.0 Å². The van der Waals surface area contributed by atoms with Crippen molar-refractivity contribution >= 4 is 35.6 Å². The summed E-state index contributed by atoms with van der Waals surface area (Å²) < 4.78 is 10.9. The number of aliphatic carboxylic acids is 1. The minimum atomic E-state index is -1.04. The first-order chi connectivity index (χ1) is 26.8. The number of rotatable bonds is 34. The molecule has 0 aliphatic heterocycles. The van der Waals surface area contributed by atoms with Gasteiger partial charge in [-0.15, -0.1) is 0 Å². The SMILES string of the molecule is CC(C)(C)OC(=O)CCCCCCCCCCCCCCCCC(=O)N[C@@H](CCC(=O)NCCCC[C@H](N)C(=O)NCCCC[C@H](N)C(=O)O)C(=O)OC(C)(C)C. The van der Waals surface area contributed by atoms with Gasteiger partial charge in [0.15, 0.2) is 0 Å². The Morgan fingerprint density at radius 1 is 0.509 bits per heavy atom. The number of nitrogens with one attached hydrogen (secondary N) is 3. The minimum Gasteiger partial charge on any atom is -0.480 e. The summed E-state index contributed by atoms with van der Waals surface area (Å²) in [5.74, 6) is -2.45. The first-order valence-electron chi connectivity index (χ1n) is 21.8. The predicted octanol–water partition coefficient (Wildman–Crippen LogP) is 6.49. The zero-order valence-corrected chi connectivity index (χ0v) is 36.5. The van der Waals surface area contributed by atoms with Gasteiger partial charge in [-0.2, -0.15) is 0 Å². The van der Waals surface area contributed by atoms with Crippen LogP contribution in [0.15, 0.2) is 0 Å². The van der Waals surface area contributed by atoms with Crippen molar-refractivity contribution in [2.45, 2.75) is 225 Å². The molecule has 0 bridgehead atoms. The Morgan fingerprint density at radius 2 is 0.947 bits per heavy atom. The number of hydrogen-bond acceptors (Lipinski definition) is 10. The molecule has 8 N–H and O–H groups in total. The quantitative estimate of drug-likeness (QED) is 0.0304. The molecule has 57 heavy (non-hydrogen) atoms. The number of amides is 3. The standard InChI is InChI=1S/C43H81N5O9/c1-42(2,3)56-38(51)28-20-18-16-14-12-10-8-7-9-11-13-15-17-19-27-37(50)48-35(41(55)57-43(4,5)6)29-30-36(49)46-31-23-21-25-33(44)39(52)47-32-24-22-26-34(45)40(53)54/h33-35H,7-32,44-45H2,1-6H3,(H,46,49)(H,47,52)(H,48,50)(H,53,54)/t33-,34-,35-/m0/s1. The van der Waals surface area contributed by atoms with Gasteiger partial charge < -0.3 is 42.0 Å². The van der Waals surface area contributed by atoms with Crippen LogP contribution in [0.25, 0.3) is 0 Å². The van der Waals surface area contributed by atoms with Crippen molar-refractivity contribution in [3.8, 4) is 0 Å². The minimum absolute atomic E-state index is 0.0425. The number of ether oxygens (including phenoxy) is 2. The molecule has 0 heterocycles. The maximum absolute atomic E-state index is 12.9. The van der Waals surface area contributed by atoms with E-state index in [-0.39, 0.29) is 36.5 Å². The summed E-state index contributed by atoms with van der Waals surface area (Å²) in [6.07, 6.45) is 19.9. The van der Waals surface area contributed by atoms with Crippen LogP contribution in [0.4, 0.5) is 0 Å². The molecule has 0 unspecified atom stereocenters. The molecule has 3 amide bonds. The zero-order valence-electron chi connectivity index (χ0n) is 36.5. The Kier molecular flexibility index (Phi) is 29.9. The number of hydrogen-bond donors (Lipinski definition) is 6. The van der Waals surface area contributed by atoms with E-state index < -0.39 is 41.3 Å². The highest BCUT2D eigenvalue weighted by Gasteiger charge is 2.27. The number of carbonyl (C=O) groups excluding carboxylic acids is 5. The molecule has 0 saturated heterocycles. The van der Waals surface area contributed by atoms with Crippen LogP contribution in [0.5, 0.6) is 0 Å². The average molecular weight is 812 g/mol. The van der Waals surface area contributed by atoms with Gasteiger partial charge in [0, 0.05) is 32.4 Å². The van der Waals surface area contributed by atoms with E-state index in [0.717, 1.165) is 38.5 Å². The third kappa shape index (κ3) is 34.5. The molecule has 0 radical (unpaired) electrons. The van der Waals surface area contributed by atoms with Gasteiger partial charge in [0.05, 0.1) is 6.04 Å². The average Bonchev–Trinajstić information content (AvgIpc) is 3.10. The van der Waals surface area contributed by atoms with Crippen LogP contribution < -0.4 is 27.4 Å². The molecule has 0 fully saturated rings. The molecule has 0 aromatic rings. The van der Waals surface area contributed by atoms with Crippen molar-refractivity contribution in [3.63, 3.8) is 0 Å². The van der Waals surface area contributed by atoms with Crippen molar-refractivity contribution in [1.82, 2.24) is 16.0 Å². The van der Waals surface area contributed by atoms with E-state index in [9.17, 15) is 28.8 Å². The summed E-state index contributed by atoms with van der Waals surface area (Å²) in [4.78, 5) is 72.9. The molecule has 0 aromatic carbocycles. The molecule has 0 aliphatic rings. The fraction of sp³-hybridized carbons (Fsp3) is 0.860. The second-order valence-corrected chi connectivity index (χ2v) is 17.4. The third-order valence-corrected chi connectivity index (χ3v) is 9.30. The number of esters is 2. The van der Waals surface area contributed by atoms with Crippen LogP contribution in [0.3, 0.4) is 0 Å². The third-order valence-electron chi connectivity index (χ3n) is 9.30. The van der Waals surface area contributed by atoms with Crippen LogP contribution in [0.2, 0.25) is 0 Å². The van der Waals surface area contributed by atoms with Crippen molar-refractivity contribution in [2.75, 3.05) is 13.1 Å². The molecular weight excluding hydrogens is 730 g/mol. The van der Waals surface area contributed by atoms with E-state index in [2.05, 4.69) is 16.0 Å². The van der Waals surface area contributed by atoms with Crippen LogP contribution in [0.1, 0.15) is 196 Å². The van der Waals surface area contributed by atoms with E-state index in [0.29, 0.717) is 64.5 Å². The van der Waals surface area contributed by atoms with E-state index in [4.69, 9.17) is 26.0 Å². The molecule has 0 aliphatic carbocycles. The highest BCUT2D eigenvalue weighted by atomic mass is 16.6. The second kappa shape index (κ2) is 31.7. The van der Waals surface area contributed by atoms with Gasteiger partial charge in [0.2, 0.25) is 17.7 Å². The molecule has 14 heteroatoms. The summed E-state index contributed by atoms with van der Waals surface area (Å²) in [5.41, 5.74) is 10.3. The lowest BCUT2D eigenvalue weighted by Gasteiger charge is -2.24. The van der Waals surface area contributed by atoms with E-state index in [1.807, 2.05) is 20.8 Å². The lowest BCUT2D eigenvalue weighted by atomic mass is 10.0. The summed E-state index contributed by atoms with van der Waals surface area (Å²) in [5, 5.41) is 17.2. The zero-order chi connectivity index (χ0) is 43.1. The van der Waals surface area contributed by atoms with Crippen molar-refractivity contribution in [2.24, 2.45) is 11.5 Å². The molecule has 14 nitrogen and oxygen atoms in total. The van der Waals surface area contributed by atoms with Crippen molar-refractivity contribution < 1.29 is 43.3 Å². The summed E-state index contributed by atoms with van der Waals surface area (Å²) >= 11 is 0. The topological polar surface area (TPSA) is 229 Å². The number of carboxylic acid groups (broad SMARTS) is 1. The van der Waals surface area contributed by atoms with Crippen LogP contribution in [-0.4, -0.2) is 83.2 Å². The normalized spacial score (nSPS) is 13.3.